The zero-order chi connectivity index (χ0) is 18.4. The van der Waals surface area contributed by atoms with Crippen molar-refractivity contribution >= 4 is 33.3 Å². The van der Waals surface area contributed by atoms with Gasteiger partial charge in [-0.3, -0.25) is 0 Å². The Bertz CT molecular complexity index is 808. The second-order valence-corrected chi connectivity index (χ2v) is 6.54. The van der Waals surface area contributed by atoms with Crippen molar-refractivity contribution in [2.45, 2.75) is 24.9 Å². The monoisotopic (exact) mass is 378 g/mol. The molecule has 0 spiro atoms. The van der Waals surface area contributed by atoms with Crippen LogP contribution in [0.3, 0.4) is 0 Å². The summed E-state index contributed by atoms with van der Waals surface area (Å²) in [4.78, 5) is 17.3. The Morgan fingerprint density at radius 1 is 1.48 bits per heavy atom. The van der Waals surface area contributed by atoms with E-state index in [1.807, 2.05) is 0 Å². The van der Waals surface area contributed by atoms with E-state index in [0.717, 1.165) is 24.5 Å². The van der Waals surface area contributed by atoms with Gasteiger partial charge in [0.25, 0.3) is 0 Å². The van der Waals surface area contributed by atoms with Gasteiger partial charge in [-0.15, -0.1) is 11.3 Å². The highest BCUT2D eigenvalue weighted by Gasteiger charge is 2.37. The number of aromatic nitrogens is 1. The van der Waals surface area contributed by atoms with Crippen LogP contribution in [0.2, 0.25) is 0 Å². The lowest BCUT2D eigenvalue weighted by Gasteiger charge is -2.33. The molecule has 1 aliphatic rings. The molecule has 1 aliphatic heterocycles. The molecule has 136 valence electrons. The largest absolute Gasteiger partial charge is 0.465 e. The van der Waals surface area contributed by atoms with Crippen molar-refractivity contribution in [1.29, 1.82) is 0 Å². The fourth-order valence-corrected chi connectivity index (χ4v) is 3.74. The predicted octanol–water partition coefficient (Wildman–Crippen LogP) is 3.01. The predicted molar refractivity (Wildman–Crippen MR) is 83.7 cm³/mol. The van der Waals surface area contributed by atoms with E-state index in [4.69, 9.17) is 0 Å². The highest BCUT2D eigenvalue weighted by molar-refractivity contribution is 7.17. The number of pyridine rings is 1. The number of rotatable bonds is 2. The molecular formula is C15H14F4N2O3S. The summed E-state index contributed by atoms with van der Waals surface area (Å²) in [6.45, 7) is -0.107. The maximum atomic E-state index is 13.7. The molecule has 2 atom stereocenters. The molecule has 0 bridgehead atoms. The number of aliphatic hydroxyl groups is 1. The molecule has 0 aromatic carbocycles. The van der Waals surface area contributed by atoms with Crippen LogP contribution in [0.5, 0.6) is 0 Å². The van der Waals surface area contributed by atoms with Crippen LogP contribution in [0.25, 0.3) is 10.2 Å². The van der Waals surface area contributed by atoms with Crippen LogP contribution in [0.15, 0.2) is 11.4 Å². The van der Waals surface area contributed by atoms with Gasteiger partial charge in [0.15, 0.2) is 0 Å². The lowest BCUT2D eigenvalue weighted by molar-refractivity contribution is -0.136. The van der Waals surface area contributed by atoms with E-state index in [0.29, 0.717) is 0 Å². The lowest BCUT2D eigenvalue weighted by atomic mass is 10.1. The average Bonchev–Trinajstić information content (AvgIpc) is 2.98. The minimum atomic E-state index is -4.65. The van der Waals surface area contributed by atoms with Crippen LogP contribution in [0.1, 0.15) is 22.3 Å². The maximum absolute atomic E-state index is 13.7. The summed E-state index contributed by atoms with van der Waals surface area (Å²) in [5, 5.41) is 10.7. The Labute approximate surface area is 143 Å². The number of ether oxygens (including phenoxy) is 1. The van der Waals surface area contributed by atoms with Gasteiger partial charge in [-0.05, 0) is 12.5 Å². The fraction of sp³-hybridized carbons (Fsp3) is 0.467. The minimum absolute atomic E-state index is 0.0660. The number of esters is 1. The topological polar surface area (TPSA) is 62.7 Å². The number of carbonyl (C=O) groups excluding carboxylic acids is 1. The molecule has 0 radical (unpaired) electrons. The third-order valence-corrected chi connectivity index (χ3v) is 5.05. The van der Waals surface area contributed by atoms with Crippen LogP contribution in [-0.4, -0.2) is 48.5 Å². The number of methoxy groups -OCH3 is 1. The molecule has 0 aliphatic carbocycles. The van der Waals surface area contributed by atoms with Gasteiger partial charge >= 0.3 is 12.1 Å². The number of hydrogen-bond donors (Lipinski definition) is 1. The zero-order valence-corrected chi connectivity index (χ0v) is 13.8. The van der Waals surface area contributed by atoms with Crippen molar-refractivity contribution in [3.63, 3.8) is 0 Å². The smallest absolute Gasteiger partial charge is 0.417 e. The third kappa shape index (κ3) is 3.28. The molecule has 1 N–H and O–H groups in total. The van der Waals surface area contributed by atoms with E-state index >= 15 is 0 Å². The molecule has 5 nitrogen and oxygen atoms in total. The third-order valence-electron chi connectivity index (χ3n) is 4.05. The van der Waals surface area contributed by atoms with Crippen LogP contribution < -0.4 is 4.90 Å². The van der Waals surface area contributed by atoms with E-state index in [2.05, 4.69) is 9.72 Å². The Hall–Kier alpha value is -1.94. The molecule has 10 heteroatoms. The van der Waals surface area contributed by atoms with Crippen molar-refractivity contribution in [3.05, 3.63) is 22.6 Å². The summed E-state index contributed by atoms with van der Waals surface area (Å²) in [5.41, 5.74) is -1.12. The first-order valence-electron chi connectivity index (χ1n) is 7.37. The van der Waals surface area contributed by atoms with Gasteiger partial charge in [0.05, 0.1) is 41.1 Å². The molecular weight excluding hydrogens is 364 g/mol. The Kier molecular flexibility index (Phi) is 4.58. The molecule has 3 rings (SSSR count). The van der Waals surface area contributed by atoms with E-state index in [-0.39, 0.29) is 41.1 Å². The normalized spacial score (nSPS) is 21.6. The summed E-state index contributed by atoms with van der Waals surface area (Å²) in [7, 11) is 1.13. The van der Waals surface area contributed by atoms with Crippen LogP contribution in [-0.2, 0) is 10.9 Å². The van der Waals surface area contributed by atoms with Gasteiger partial charge in [0, 0.05) is 11.9 Å². The number of aliphatic hydroxyl groups excluding tert-OH is 1. The molecule has 3 heterocycles. The SMILES string of the molecule is COC(=O)c1csc2c(C(F)(F)F)cc(N3CCC(O)C(F)C3)nc12. The van der Waals surface area contributed by atoms with Gasteiger partial charge in [-0.25, -0.2) is 14.2 Å². The number of anilines is 1. The van der Waals surface area contributed by atoms with Gasteiger partial charge < -0.3 is 14.7 Å². The average molecular weight is 378 g/mol. The van der Waals surface area contributed by atoms with Crippen molar-refractivity contribution in [1.82, 2.24) is 4.98 Å². The standard InChI is InChI=1S/C15H14F4N2O3S/c1-24-14(23)7-6-25-13-8(15(17,18)19)4-11(20-12(7)13)21-3-2-10(22)9(16)5-21/h4,6,9-10,22H,2-3,5H2,1H3. The van der Waals surface area contributed by atoms with Gasteiger partial charge in [0.1, 0.15) is 12.0 Å². The zero-order valence-electron chi connectivity index (χ0n) is 13.0. The maximum Gasteiger partial charge on any atom is 0.417 e. The first kappa shape index (κ1) is 17.9. The van der Waals surface area contributed by atoms with E-state index in [1.165, 1.54) is 10.3 Å². The summed E-state index contributed by atoms with van der Waals surface area (Å²) in [6.07, 6.45) is -7.30. The number of halogens is 4. The summed E-state index contributed by atoms with van der Waals surface area (Å²) < 4.78 is 58.4. The number of thiophene rings is 1. The van der Waals surface area contributed by atoms with Crippen LogP contribution in [0.4, 0.5) is 23.4 Å². The molecule has 0 saturated carbocycles. The number of carbonyl (C=O) groups is 1. The molecule has 2 unspecified atom stereocenters. The number of fused-ring (bicyclic) bond motifs is 1. The summed E-state index contributed by atoms with van der Waals surface area (Å²) >= 11 is 0.752. The number of piperidine rings is 1. The number of hydrogen-bond acceptors (Lipinski definition) is 6. The summed E-state index contributed by atoms with van der Waals surface area (Å²) in [6, 6.07) is 0.852. The Morgan fingerprint density at radius 3 is 2.80 bits per heavy atom. The quantitative estimate of drug-likeness (QED) is 0.643. The van der Waals surface area contributed by atoms with E-state index in [9.17, 15) is 27.5 Å². The Balaban J connectivity index is 2.14. The van der Waals surface area contributed by atoms with E-state index in [1.54, 1.807) is 0 Å². The van der Waals surface area contributed by atoms with Crippen LogP contribution in [0, 0.1) is 0 Å². The number of alkyl halides is 4. The van der Waals surface area contributed by atoms with Crippen molar-refractivity contribution < 1.29 is 32.2 Å². The second kappa shape index (κ2) is 6.41. The van der Waals surface area contributed by atoms with Crippen molar-refractivity contribution in [3.8, 4) is 0 Å². The van der Waals surface area contributed by atoms with Gasteiger partial charge in [0.2, 0.25) is 0 Å². The van der Waals surface area contributed by atoms with Gasteiger partial charge in [-0.2, -0.15) is 13.2 Å². The Morgan fingerprint density at radius 2 is 2.20 bits per heavy atom. The highest BCUT2D eigenvalue weighted by Crippen LogP contribution is 2.40. The fourth-order valence-electron chi connectivity index (χ4n) is 2.72. The highest BCUT2D eigenvalue weighted by atomic mass is 32.1. The first-order chi connectivity index (χ1) is 11.7. The van der Waals surface area contributed by atoms with Crippen LogP contribution >= 0.6 is 11.3 Å². The van der Waals surface area contributed by atoms with Crippen molar-refractivity contribution in [2.75, 3.05) is 25.1 Å². The minimum Gasteiger partial charge on any atom is -0.465 e. The second-order valence-electron chi connectivity index (χ2n) is 5.66. The number of nitrogens with zero attached hydrogens (tertiary/aromatic N) is 2. The molecule has 25 heavy (non-hydrogen) atoms. The summed E-state index contributed by atoms with van der Waals surface area (Å²) in [5.74, 6) is -0.876. The van der Waals surface area contributed by atoms with E-state index < -0.39 is 30.0 Å². The molecule has 2 aromatic heterocycles. The molecule has 1 saturated heterocycles. The lowest BCUT2D eigenvalue weighted by Crippen LogP contribution is -2.45. The first-order valence-corrected chi connectivity index (χ1v) is 8.25. The van der Waals surface area contributed by atoms with Gasteiger partial charge in [-0.1, -0.05) is 0 Å². The molecule has 1 fully saturated rings. The van der Waals surface area contributed by atoms with Crippen molar-refractivity contribution in [2.24, 2.45) is 0 Å². The molecule has 2 aromatic rings. The molecule has 0 amide bonds.